The Labute approximate surface area is 146 Å². The van der Waals surface area contributed by atoms with Gasteiger partial charge >= 0.3 is 0 Å². The van der Waals surface area contributed by atoms with Crippen molar-refractivity contribution in [1.29, 1.82) is 5.26 Å². The van der Waals surface area contributed by atoms with Crippen LogP contribution in [0.15, 0.2) is 36.5 Å². The van der Waals surface area contributed by atoms with E-state index in [2.05, 4.69) is 15.4 Å². The van der Waals surface area contributed by atoms with Gasteiger partial charge in [-0.3, -0.25) is 15.2 Å². The number of halogens is 1. The number of hydrogen-bond donors (Lipinski definition) is 1. The largest absolute Gasteiger partial charge is 0.273 e. The molecular weight excluding hydrogens is 326 g/mol. The molecule has 0 bridgehead atoms. The number of hydrogen-bond acceptors (Lipinski definition) is 5. The fourth-order valence-corrected chi connectivity index (χ4v) is 2.22. The van der Waals surface area contributed by atoms with Crippen LogP contribution in [0.1, 0.15) is 25.2 Å². The Morgan fingerprint density at radius 1 is 1.33 bits per heavy atom. The molecule has 1 N–H and O–H groups in total. The molecule has 24 heavy (non-hydrogen) atoms. The van der Waals surface area contributed by atoms with Gasteiger partial charge in [-0.25, -0.2) is 4.98 Å². The third kappa shape index (κ3) is 5.21. The molecule has 7 heteroatoms. The zero-order chi connectivity index (χ0) is 17.5. The van der Waals surface area contributed by atoms with Crippen molar-refractivity contribution in [3.05, 3.63) is 52.9 Å². The SMILES string of the molecule is CC(C)CN(NC(=O)Cc1ccc(Cl)cc1)c1ccnc(C#N)n1. The minimum Gasteiger partial charge on any atom is -0.273 e. The molecule has 1 aromatic carbocycles. The average molecular weight is 344 g/mol. The fraction of sp³-hybridized carbons (Fsp3) is 0.294. The Morgan fingerprint density at radius 3 is 2.67 bits per heavy atom. The first-order valence-corrected chi connectivity index (χ1v) is 7.90. The number of aromatic nitrogens is 2. The summed E-state index contributed by atoms with van der Waals surface area (Å²) >= 11 is 5.85. The Morgan fingerprint density at radius 2 is 2.04 bits per heavy atom. The lowest BCUT2D eigenvalue weighted by molar-refractivity contribution is -0.120. The van der Waals surface area contributed by atoms with Gasteiger partial charge < -0.3 is 0 Å². The molecule has 2 aromatic rings. The van der Waals surface area contributed by atoms with E-state index >= 15 is 0 Å². The molecule has 1 heterocycles. The summed E-state index contributed by atoms with van der Waals surface area (Å²) in [6.45, 7) is 4.63. The van der Waals surface area contributed by atoms with Crippen molar-refractivity contribution in [2.24, 2.45) is 5.92 Å². The van der Waals surface area contributed by atoms with Crippen molar-refractivity contribution >= 4 is 23.3 Å². The number of anilines is 1. The molecule has 0 unspecified atom stereocenters. The maximum atomic E-state index is 12.3. The average Bonchev–Trinajstić information content (AvgIpc) is 2.56. The van der Waals surface area contributed by atoms with Crippen LogP contribution >= 0.6 is 11.6 Å². The van der Waals surface area contributed by atoms with E-state index in [-0.39, 0.29) is 18.2 Å². The van der Waals surface area contributed by atoms with E-state index in [1.165, 1.54) is 6.20 Å². The smallest absolute Gasteiger partial charge is 0.242 e. The molecule has 1 aromatic heterocycles. The van der Waals surface area contributed by atoms with E-state index in [0.717, 1.165) is 5.56 Å². The predicted molar refractivity (Wildman–Crippen MR) is 92.2 cm³/mol. The van der Waals surface area contributed by atoms with Crippen LogP contribution < -0.4 is 10.4 Å². The maximum Gasteiger partial charge on any atom is 0.242 e. The summed E-state index contributed by atoms with van der Waals surface area (Å²) < 4.78 is 0. The van der Waals surface area contributed by atoms with Gasteiger partial charge in [-0.15, -0.1) is 0 Å². The van der Waals surface area contributed by atoms with Crippen molar-refractivity contribution in [2.45, 2.75) is 20.3 Å². The Bertz CT molecular complexity index is 739. The lowest BCUT2D eigenvalue weighted by Gasteiger charge is -2.26. The lowest BCUT2D eigenvalue weighted by atomic mass is 10.1. The molecule has 2 rings (SSSR count). The second-order valence-corrected chi connectivity index (χ2v) is 6.13. The normalized spacial score (nSPS) is 10.3. The molecule has 0 fully saturated rings. The minimum absolute atomic E-state index is 0.0632. The molecule has 0 atom stereocenters. The molecule has 0 aliphatic carbocycles. The third-order valence-electron chi connectivity index (χ3n) is 3.10. The Kier molecular flexibility index (Phi) is 6.10. The molecule has 0 radical (unpaired) electrons. The van der Waals surface area contributed by atoms with Gasteiger partial charge in [0.2, 0.25) is 11.7 Å². The molecule has 0 saturated heterocycles. The maximum absolute atomic E-state index is 12.3. The summed E-state index contributed by atoms with van der Waals surface area (Å²) in [5, 5.41) is 11.2. The highest BCUT2D eigenvalue weighted by atomic mass is 35.5. The zero-order valence-corrected chi connectivity index (χ0v) is 14.3. The van der Waals surface area contributed by atoms with E-state index < -0.39 is 0 Å². The van der Waals surface area contributed by atoms with Crippen molar-refractivity contribution in [3.8, 4) is 6.07 Å². The Balaban J connectivity index is 2.11. The molecule has 0 saturated carbocycles. The van der Waals surface area contributed by atoms with Gasteiger partial charge in [0.15, 0.2) is 5.82 Å². The quantitative estimate of drug-likeness (QED) is 0.815. The van der Waals surface area contributed by atoms with Crippen LogP contribution in [0.25, 0.3) is 0 Å². The number of hydrazine groups is 1. The molecule has 1 amide bonds. The first kappa shape index (κ1) is 17.7. The van der Waals surface area contributed by atoms with Gasteiger partial charge in [-0.1, -0.05) is 37.6 Å². The van der Waals surface area contributed by atoms with Crippen LogP contribution in [-0.2, 0) is 11.2 Å². The lowest BCUT2D eigenvalue weighted by Crippen LogP contribution is -2.45. The number of nitrogens with zero attached hydrogens (tertiary/aromatic N) is 4. The van der Waals surface area contributed by atoms with Crippen LogP contribution in [-0.4, -0.2) is 22.4 Å². The highest BCUT2D eigenvalue weighted by molar-refractivity contribution is 6.30. The van der Waals surface area contributed by atoms with E-state index in [4.69, 9.17) is 16.9 Å². The van der Waals surface area contributed by atoms with E-state index in [9.17, 15) is 4.79 Å². The van der Waals surface area contributed by atoms with Crippen LogP contribution in [0.2, 0.25) is 5.02 Å². The van der Waals surface area contributed by atoms with Gasteiger partial charge in [0, 0.05) is 23.8 Å². The van der Waals surface area contributed by atoms with Gasteiger partial charge in [0.05, 0.1) is 6.42 Å². The molecular formula is C17H18ClN5O. The van der Waals surface area contributed by atoms with Crippen molar-refractivity contribution in [3.63, 3.8) is 0 Å². The second-order valence-electron chi connectivity index (χ2n) is 5.69. The van der Waals surface area contributed by atoms with Gasteiger partial charge in [0.25, 0.3) is 0 Å². The first-order chi connectivity index (χ1) is 11.5. The first-order valence-electron chi connectivity index (χ1n) is 7.52. The summed E-state index contributed by atoms with van der Waals surface area (Å²) in [5.41, 5.74) is 3.70. The predicted octanol–water partition coefficient (Wildman–Crippen LogP) is 2.74. The number of amides is 1. The Hall–Kier alpha value is -2.65. The van der Waals surface area contributed by atoms with E-state index in [0.29, 0.717) is 23.3 Å². The summed E-state index contributed by atoms with van der Waals surface area (Å²) in [4.78, 5) is 20.3. The van der Waals surface area contributed by atoms with Crippen molar-refractivity contribution in [1.82, 2.24) is 15.4 Å². The van der Waals surface area contributed by atoms with Gasteiger partial charge in [0.1, 0.15) is 6.07 Å². The summed E-state index contributed by atoms with van der Waals surface area (Å²) in [6, 6.07) is 10.7. The molecule has 0 aliphatic rings. The van der Waals surface area contributed by atoms with Gasteiger partial charge in [-0.05, 0) is 23.6 Å². The van der Waals surface area contributed by atoms with Crippen molar-refractivity contribution < 1.29 is 4.79 Å². The molecule has 0 aliphatic heterocycles. The number of carbonyl (C=O) groups is 1. The number of nitriles is 1. The highest BCUT2D eigenvalue weighted by Gasteiger charge is 2.14. The molecule has 0 spiro atoms. The topological polar surface area (TPSA) is 81.9 Å². The van der Waals surface area contributed by atoms with E-state index in [1.54, 1.807) is 23.2 Å². The standard InChI is InChI=1S/C17H18ClN5O/c1-12(2)11-23(16-7-8-20-15(10-19)21-16)22-17(24)9-13-3-5-14(18)6-4-13/h3-8,12H,9,11H2,1-2H3,(H,22,24). The van der Waals surface area contributed by atoms with E-state index in [1.807, 2.05) is 32.0 Å². The van der Waals surface area contributed by atoms with Crippen LogP contribution in [0.5, 0.6) is 0 Å². The number of nitrogens with one attached hydrogen (secondary N) is 1. The van der Waals surface area contributed by atoms with Crippen LogP contribution in [0, 0.1) is 17.2 Å². The third-order valence-corrected chi connectivity index (χ3v) is 3.35. The zero-order valence-electron chi connectivity index (χ0n) is 13.5. The second kappa shape index (κ2) is 8.27. The van der Waals surface area contributed by atoms with Crippen molar-refractivity contribution in [2.75, 3.05) is 11.6 Å². The minimum atomic E-state index is -0.171. The fourth-order valence-electron chi connectivity index (χ4n) is 2.09. The number of carbonyl (C=O) groups excluding carboxylic acids is 1. The van der Waals surface area contributed by atoms with Gasteiger partial charge in [-0.2, -0.15) is 10.2 Å². The van der Waals surface area contributed by atoms with Crippen LogP contribution in [0.3, 0.4) is 0 Å². The van der Waals surface area contributed by atoms with Crippen LogP contribution in [0.4, 0.5) is 5.82 Å². The molecule has 6 nitrogen and oxygen atoms in total. The number of rotatable bonds is 6. The monoisotopic (exact) mass is 343 g/mol. The molecule has 124 valence electrons. The number of benzene rings is 1. The summed E-state index contributed by atoms with van der Waals surface area (Å²) in [6.07, 6.45) is 1.72. The highest BCUT2D eigenvalue weighted by Crippen LogP contribution is 2.12. The summed E-state index contributed by atoms with van der Waals surface area (Å²) in [5.74, 6) is 0.671. The summed E-state index contributed by atoms with van der Waals surface area (Å²) in [7, 11) is 0.